The minimum absolute atomic E-state index is 0.0678. The third-order valence-electron chi connectivity index (χ3n) is 2.51. The molecule has 1 aromatic carbocycles. The van der Waals surface area contributed by atoms with Gasteiger partial charge >= 0.3 is 5.97 Å². The van der Waals surface area contributed by atoms with Gasteiger partial charge in [-0.05, 0) is 24.6 Å². The topological polar surface area (TPSA) is 75.2 Å². The van der Waals surface area contributed by atoms with Gasteiger partial charge in [-0.15, -0.1) is 0 Å². The van der Waals surface area contributed by atoms with Gasteiger partial charge in [0.25, 0.3) is 0 Å². The van der Waals surface area contributed by atoms with Crippen molar-refractivity contribution >= 4 is 5.97 Å². The van der Waals surface area contributed by atoms with E-state index in [1.165, 1.54) is 6.07 Å². The zero-order valence-electron chi connectivity index (χ0n) is 10.0. The van der Waals surface area contributed by atoms with Crippen molar-refractivity contribution in [3.63, 3.8) is 0 Å². The van der Waals surface area contributed by atoms with E-state index in [0.717, 1.165) is 11.3 Å². The number of phenolic OH excluding ortho intramolecular Hbond substituents is 1. The number of phenols is 1. The number of carbonyl (C=O) groups excluding carboxylic acids is 1. The van der Waals surface area contributed by atoms with Gasteiger partial charge in [-0.2, -0.15) is 0 Å². The Morgan fingerprint density at radius 1 is 1.50 bits per heavy atom. The first-order chi connectivity index (χ1) is 8.70. The maximum absolute atomic E-state index is 11.6. The summed E-state index contributed by atoms with van der Waals surface area (Å²) in [6.45, 7) is 2.01. The molecule has 0 amide bonds. The molecule has 2 aromatic rings. The number of carbonyl (C=O) groups is 1. The zero-order chi connectivity index (χ0) is 13.0. The van der Waals surface area contributed by atoms with Gasteiger partial charge in [-0.25, -0.2) is 9.78 Å². The van der Waals surface area contributed by atoms with Crippen molar-refractivity contribution in [3.8, 4) is 5.75 Å². The maximum atomic E-state index is 11.6. The number of hydrogen-bond acceptors (Lipinski definition) is 4. The Morgan fingerprint density at radius 3 is 3.00 bits per heavy atom. The molecule has 0 aliphatic heterocycles. The van der Waals surface area contributed by atoms with Crippen molar-refractivity contribution < 1.29 is 14.6 Å². The fourth-order valence-electron chi connectivity index (χ4n) is 1.67. The van der Waals surface area contributed by atoms with E-state index >= 15 is 0 Å². The summed E-state index contributed by atoms with van der Waals surface area (Å²) in [4.78, 5) is 18.5. The number of H-pyrrole nitrogens is 1. The van der Waals surface area contributed by atoms with E-state index in [1.807, 2.05) is 0 Å². The summed E-state index contributed by atoms with van der Waals surface area (Å²) in [5.41, 5.74) is 2.03. The van der Waals surface area contributed by atoms with Crippen LogP contribution in [0.5, 0.6) is 5.75 Å². The number of benzene rings is 1. The zero-order valence-corrected chi connectivity index (χ0v) is 10.0. The van der Waals surface area contributed by atoms with Crippen LogP contribution in [0.3, 0.4) is 0 Å². The summed E-state index contributed by atoms with van der Waals surface area (Å²) in [5, 5.41) is 9.64. The molecule has 0 saturated heterocycles. The summed E-state index contributed by atoms with van der Waals surface area (Å²) in [7, 11) is 0. The number of aromatic nitrogens is 2. The van der Waals surface area contributed by atoms with Crippen LogP contribution in [0, 0.1) is 0 Å². The van der Waals surface area contributed by atoms with Crippen LogP contribution in [0.1, 0.15) is 28.5 Å². The van der Waals surface area contributed by atoms with Crippen LogP contribution in [0.4, 0.5) is 0 Å². The molecule has 0 saturated carbocycles. The Balaban J connectivity index is 2.23. The molecule has 0 radical (unpaired) electrons. The summed E-state index contributed by atoms with van der Waals surface area (Å²) >= 11 is 0. The van der Waals surface area contributed by atoms with E-state index in [-0.39, 0.29) is 17.9 Å². The second kappa shape index (κ2) is 5.35. The first-order valence-electron chi connectivity index (χ1n) is 5.67. The molecule has 0 spiro atoms. The van der Waals surface area contributed by atoms with Crippen LogP contribution < -0.4 is 0 Å². The number of aromatic hydroxyl groups is 1. The molecule has 0 unspecified atom stereocenters. The van der Waals surface area contributed by atoms with Crippen molar-refractivity contribution in [3.05, 3.63) is 47.5 Å². The van der Waals surface area contributed by atoms with E-state index in [9.17, 15) is 9.90 Å². The molecule has 5 heteroatoms. The smallest absolute Gasteiger partial charge is 0.341 e. The second-order valence-corrected chi connectivity index (χ2v) is 3.83. The highest BCUT2D eigenvalue weighted by atomic mass is 16.5. The van der Waals surface area contributed by atoms with Gasteiger partial charge in [0.2, 0.25) is 0 Å². The normalized spacial score (nSPS) is 10.3. The fourth-order valence-corrected chi connectivity index (χ4v) is 1.67. The number of hydrogen-bond donors (Lipinski definition) is 2. The molecule has 5 nitrogen and oxygen atoms in total. The van der Waals surface area contributed by atoms with Crippen LogP contribution in [0.2, 0.25) is 0 Å². The lowest BCUT2D eigenvalue weighted by Gasteiger charge is -2.06. The van der Waals surface area contributed by atoms with Gasteiger partial charge in [0, 0.05) is 18.3 Å². The fraction of sp³-hybridized carbons (Fsp3) is 0.231. The number of rotatable bonds is 4. The predicted octanol–water partition coefficient (Wildman–Crippen LogP) is 1.88. The maximum Gasteiger partial charge on any atom is 0.341 e. The average Bonchev–Trinajstić information content (AvgIpc) is 2.84. The monoisotopic (exact) mass is 246 g/mol. The highest BCUT2D eigenvalue weighted by Crippen LogP contribution is 2.20. The van der Waals surface area contributed by atoms with E-state index in [2.05, 4.69) is 9.97 Å². The molecule has 0 atom stereocenters. The number of nitrogens with zero attached hydrogens (tertiary/aromatic N) is 1. The first-order valence-corrected chi connectivity index (χ1v) is 5.67. The Labute approximate surface area is 104 Å². The summed E-state index contributed by atoms with van der Waals surface area (Å²) < 4.78 is 4.88. The highest BCUT2D eigenvalue weighted by molar-refractivity contribution is 5.92. The van der Waals surface area contributed by atoms with Crippen LogP contribution in [0.25, 0.3) is 0 Å². The Hall–Kier alpha value is -2.30. The van der Waals surface area contributed by atoms with Crippen molar-refractivity contribution in [2.24, 2.45) is 0 Å². The van der Waals surface area contributed by atoms with Crippen LogP contribution in [-0.2, 0) is 11.2 Å². The lowest BCUT2D eigenvalue weighted by atomic mass is 10.1. The molecule has 0 fully saturated rings. The van der Waals surface area contributed by atoms with Crippen LogP contribution in [0.15, 0.2) is 30.7 Å². The number of esters is 1. The van der Waals surface area contributed by atoms with Crippen LogP contribution in [-0.4, -0.2) is 27.7 Å². The molecule has 2 rings (SSSR count). The second-order valence-electron chi connectivity index (χ2n) is 3.83. The molecule has 1 aromatic heterocycles. The summed E-state index contributed by atoms with van der Waals surface area (Å²) in [6, 6.07) is 4.89. The number of nitrogens with one attached hydrogen (secondary N) is 1. The molecule has 18 heavy (non-hydrogen) atoms. The van der Waals surface area contributed by atoms with E-state index < -0.39 is 5.97 Å². The standard InChI is InChI=1S/C13H14N2O3/c1-2-18-13(17)11-6-9(3-4-12(11)16)5-10-7-14-8-15-10/h3-4,6-8,16H,2,5H2,1H3,(H,14,15). The Bertz CT molecular complexity index is 535. The molecular weight excluding hydrogens is 232 g/mol. The Morgan fingerprint density at radius 2 is 2.33 bits per heavy atom. The SMILES string of the molecule is CCOC(=O)c1cc(Cc2cnc[nH]2)ccc1O. The van der Waals surface area contributed by atoms with Gasteiger partial charge in [0.15, 0.2) is 0 Å². The predicted molar refractivity (Wildman–Crippen MR) is 65.5 cm³/mol. The van der Waals surface area contributed by atoms with Gasteiger partial charge < -0.3 is 14.8 Å². The summed E-state index contributed by atoms with van der Waals surface area (Å²) in [5.74, 6) is -0.580. The van der Waals surface area contributed by atoms with Gasteiger partial charge in [-0.1, -0.05) is 6.07 Å². The third-order valence-corrected chi connectivity index (χ3v) is 2.51. The van der Waals surface area contributed by atoms with Crippen molar-refractivity contribution in [2.75, 3.05) is 6.61 Å². The highest BCUT2D eigenvalue weighted by Gasteiger charge is 2.13. The molecule has 94 valence electrons. The van der Waals surface area contributed by atoms with Crippen molar-refractivity contribution in [2.45, 2.75) is 13.3 Å². The van der Waals surface area contributed by atoms with E-state index in [0.29, 0.717) is 6.42 Å². The molecule has 0 aliphatic rings. The molecule has 0 bridgehead atoms. The van der Waals surface area contributed by atoms with E-state index in [1.54, 1.807) is 31.6 Å². The number of imidazole rings is 1. The van der Waals surface area contributed by atoms with Crippen LogP contribution >= 0.6 is 0 Å². The lowest BCUT2D eigenvalue weighted by Crippen LogP contribution is -2.05. The lowest BCUT2D eigenvalue weighted by molar-refractivity contribution is 0.0523. The van der Waals surface area contributed by atoms with Gasteiger partial charge in [0.05, 0.1) is 12.9 Å². The minimum Gasteiger partial charge on any atom is -0.507 e. The molecule has 1 heterocycles. The largest absolute Gasteiger partial charge is 0.507 e. The van der Waals surface area contributed by atoms with Gasteiger partial charge in [-0.3, -0.25) is 0 Å². The Kier molecular flexibility index (Phi) is 3.62. The summed E-state index contributed by atoms with van der Waals surface area (Å²) in [6.07, 6.45) is 3.94. The molecule has 2 N–H and O–H groups in total. The number of ether oxygens (including phenoxy) is 1. The first kappa shape index (κ1) is 12.2. The minimum atomic E-state index is -0.513. The average molecular weight is 246 g/mol. The quantitative estimate of drug-likeness (QED) is 0.808. The molecular formula is C13H14N2O3. The van der Waals surface area contributed by atoms with Crippen molar-refractivity contribution in [1.29, 1.82) is 0 Å². The molecule has 0 aliphatic carbocycles. The number of aromatic amines is 1. The van der Waals surface area contributed by atoms with Crippen molar-refractivity contribution in [1.82, 2.24) is 9.97 Å². The van der Waals surface area contributed by atoms with E-state index in [4.69, 9.17) is 4.74 Å². The van der Waals surface area contributed by atoms with Gasteiger partial charge in [0.1, 0.15) is 11.3 Å². The third kappa shape index (κ3) is 2.68.